The lowest BCUT2D eigenvalue weighted by molar-refractivity contribution is -0.120. The van der Waals surface area contributed by atoms with Crippen molar-refractivity contribution in [1.29, 1.82) is 0 Å². The van der Waals surface area contributed by atoms with E-state index < -0.39 is 12.2 Å². The number of nitrogens with one attached hydrogen (secondary N) is 1. The molecular formula is C24H22FN3O3. The van der Waals surface area contributed by atoms with E-state index in [2.05, 4.69) is 10.3 Å². The Kier molecular flexibility index (Phi) is 5.26. The molecule has 7 heteroatoms. The standard InChI is InChI=1S/C24H22FN3O3/c25-19-12-21(28(14-19)13-18-2-1-3-22-23(18)31-15-30-22)24(29)27-20-6-4-16(5-7-20)17-8-10-26-11-9-17/h1-11,19,21H,12-15H2,(H,27,29)/t19-,21+/m0/s1. The number of carbonyl (C=O) groups excluding carboxylic acids is 1. The monoisotopic (exact) mass is 419 g/mol. The van der Waals surface area contributed by atoms with E-state index in [1.807, 2.05) is 59.5 Å². The Morgan fingerprint density at radius 2 is 1.84 bits per heavy atom. The molecule has 1 fully saturated rings. The smallest absolute Gasteiger partial charge is 0.241 e. The second-order valence-corrected chi connectivity index (χ2v) is 7.73. The fourth-order valence-corrected chi connectivity index (χ4v) is 4.15. The minimum atomic E-state index is -1.04. The summed E-state index contributed by atoms with van der Waals surface area (Å²) in [6, 6.07) is 16.6. The molecule has 3 aromatic rings. The Morgan fingerprint density at radius 1 is 1.06 bits per heavy atom. The lowest BCUT2D eigenvalue weighted by Crippen LogP contribution is -2.39. The Balaban J connectivity index is 1.28. The molecule has 2 aromatic carbocycles. The van der Waals surface area contributed by atoms with Gasteiger partial charge in [0.25, 0.3) is 0 Å². The van der Waals surface area contributed by atoms with Gasteiger partial charge in [0.2, 0.25) is 12.7 Å². The van der Waals surface area contributed by atoms with E-state index in [9.17, 15) is 9.18 Å². The molecule has 0 aliphatic carbocycles. The number of alkyl halides is 1. The van der Waals surface area contributed by atoms with Crippen LogP contribution in [-0.4, -0.2) is 41.3 Å². The summed E-state index contributed by atoms with van der Waals surface area (Å²) in [6.45, 7) is 0.813. The maximum atomic E-state index is 14.3. The highest BCUT2D eigenvalue weighted by Gasteiger charge is 2.37. The zero-order chi connectivity index (χ0) is 21.2. The Labute approximate surface area is 179 Å². The van der Waals surface area contributed by atoms with Crippen LogP contribution < -0.4 is 14.8 Å². The van der Waals surface area contributed by atoms with Crippen molar-refractivity contribution in [2.75, 3.05) is 18.7 Å². The van der Waals surface area contributed by atoms with E-state index in [0.29, 0.717) is 23.7 Å². The number of likely N-dealkylation sites (tertiary alicyclic amines) is 1. The highest BCUT2D eigenvalue weighted by atomic mass is 19.1. The quantitative estimate of drug-likeness (QED) is 0.677. The Hall–Kier alpha value is -3.45. The molecule has 0 saturated carbocycles. The van der Waals surface area contributed by atoms with Crippen LogP contribution in [0.25, 0.3) is 11.1 Å². The van der Waals surface area contributed by atoms with Crippen LogP contribution in [0.5, 0.6) is 11.5 Å². The lowest BCUT2D eigenvalue weighted by Gasteiger charge is -2.24. The lowest BCUT2D eigenvalue weighted by atomic mass is 10.1. The number of aromatic nitrogens is 1. The second-order valence-electron chi connectivity index (χ2n) is 7.73. The molecule has 158 valence electrons. The van der Waals surface area contributed by atoms with Crippen molar-refractivity contribution in [1.82, 2.24) is 9.88 Å². The molecule has 2 aliphatic rings. The van der Waals surface area contributed by atoms with E-state index in [4.69, 9.17) is 9.47 Å². The van der Waals surface area contributed by atoms with Gasteiger partial charge in [-0.2, -0.15) is 0 Å². The van der Waals surface area contributed by atoms with Gasteiger partial charge in [-0.05, 0) is 41.5 Å². The van der Waals surface area contributed by atoms with Gasteiger partial charge in [0.1, 0.15) is 6.17 Å². The number of nitrogens with zero attached hydrogens (tertiary/aromatic N) is 2. The third kappa shape index (κ3) is 4.09. The zero-order valence-electron chi connectivity index (χ0n) is 16.8. The number of amides is 1. The van der Waals surface area contributed by atoms with E-state index in [1.165, 1.54) is 0 Å². The fourth-order valence-electron chi connectivity index (χ4n) is 4.15. The van der Waals surface area contributed by atoms with E-state index in [0.717, 1.165) is 16.7 Å². The van der Waals surface area contributed by atoms with Crippen molar-refractivity contribution >= 4 is 11.6 Å². The van der Waals surface area contributed by atoms with Crippen LogP contribution in [0, 0.1) is 0 Å². The molecule has 6 nitrogen and oxygen atoms in total. The highest BCUT2D eigenvalue weighted by Crippen LogP contribution is 2.37. The summed E-state index contributed by atoms with van der Waals surface area (Å²) in [7, 11) is 0. The van der Waals surface area contributed by atoms with Gasteiger partial charge in [0.05, 0.1) is 6.04 Å². The number of fused-ring (bicyclic) bond motifs is 1. The summed E-state index contributed by atoms with van der Waals surface area (Å²) < 4.78 is 25.2. The summed E-state index contributed by atoms with van der Waals surface area (Å²) in [5.74, 6) is 1.15. The average Bonchev–Trinajstić information content (AvgIpc) is 3.42. The van der Waals surface area contributed by atoms with Gasteiger partial charge in [-0.3, -0.25) is 14.7 Å². The summed E-state index contributed by atoms with van der Waals surface area (Å²) in [6.07, 6.45) is 2.62. The predicted octanol–water partition coefficient (Wildman–Crippen LogP) is 4.03. The molecule has 0 radical (unpaired) electrons. The van der Waals surface area contributed by atoms with Crippen LogP contribution in [-0.2, 0) is 11.3 Å². The number of hydrogen-bond acceptors (Lipinski definition) is 5. The average molecular weight is 419 g/mol. The van der Waals surface area contributed by atoms with Gasteiger partial charge in [0, 0.05) is 43.2 Å². The van der Waals surface area contributed by atoms with Crippen LogP contribution in [0.2, 0.25) is 0 Å². The molecule has 2 atom stereocenters. The van der Waals surface area contributed by atoms with E-state index >= 15 is 0 Å². The van der Waals surface area contributed by atoms with Crippen molar-refractivity contribution in [3.63, 3.8) is 0 Å². The van der Waals surface area contributed by atoms with Gasteiger partial charge in [-0.1, -0.05) is 24.3 Å². The van der Waals surface area contributed by atoms with Gasteiger partial charge in [0.15, 0.2) is 11.5 Å². The number of halogens is 1. The first-order valence-electron chi connectivity index (χ1n) is 10.2. The Bertz CT molecular complexity index is 1080. The van der Waals surface area contributed by atoms with Crippen molar-refractivity contribution in [3.8, 4) is 22.6 Å². The fraction of sp³-hybridized carbons (Fsp3) is 0.250. The topological polar surface area (TPSA) is 63.7 Å². The van der Waals surface area contributed by atoms with Gasteiger partial charge in [-0.15, -0.1) is 0 Å². The van der Waals surface area contributed by atoms with E-state index in [1.54, 1.807) is 12.4 Å². The van der Waals surface area contributed by atoms with Crippen LogP contribution in [0.4, 0.5) is 10.1 Å². The number of pyridine rings is 1. The molecule has 1 saturated heterocycles. The SMILES string of the molecule is O=C(Nc1ccc(-c2ccncc2)cc1)[C@H]1C[C@H](F)CN1Cc1cccc2c1OCO2. The molecule has 3 heterocycles. The first-order valence-corrected chi connectivity index (χ1v) is 10.2. The summed E-state index contributed by atoms with van der Waals surface area (Å²) >= 11 is 0. The third-order valence-corrected chi connectivity index (χ3v) is 5.67. The molecule has 0 spiro atoms. The van der Waals surface area contributed by atoms with Crippen LogP contribution in [0.15, 0.2) is 67.0 Å². The zero-order valence-corrected chi connectivity index (χ0v) is 16.8. The molecule has 31 heavy (non-hydrogen) atoms. The minimum absolute atomic E-state index is 0.174. The maximum Gasteiger partial charge on any atom is 0.241 e. The van der Waals surface area contributed by atoms with Crippen molar-refractivity contribution in [2.24, 2.45) is 0 Å². The first-order chi connectivity index (χ1) is 15.2. The predicted molar refractivity (Wildman–Crippen MR) is 115 cm³/mol. The summed E-state index contributed by atoms with van der Waals surface area (Å²) in [5, 5.41) is 2.94. The number of para-hydroxylation sites is 1. The molecule has 1 amide bonds. The molecular weight excluding hydrogens is 397 g/mol. The number of hydrogen-bond donors (Lipinski definition) is 1. The van der Waals surface area contributed by atoms with Crippen LogP contribution in [0.1, 0.15) is 12.0 Å². The van der Waals surface area contributed by atoms with Crippen molar-refractivity contribution < 1.29 is 18.7 Å². The molecule has 1 aromatic heterocycles. The van der Waals surface area contributed by atoms with Crippen LogP contribution in [0.3, 0.4) is 0 Å². The highest BCUT2D eigenvalue weighted by molar-refractivity contribution is 5.95. The first kappa shape index (κ1) is 19.5. The number of anilines is 1. The van der Waals surface area contributed by atoms with E-state index in [-0.39, 0.29) is 25.7 Å². The van der Waals surface area contributed by atoms with Gasteiger partial charge >= 0.3 is 0 Å². The summed E-state index contributed by atoms with van der Waals surface area (Å²) in [4.78, 5) is 18.9. The molecule has 2 aliphatic heterocycles. The number of rotatable bonds is 5. The summed E-state index contributed by atoms with van der Waals surface area (Å²) in [5.41, 5.74) is 3.66. The van der Waals surface area contributed by atoms with Crippen molar-refractivity contribution in [3.05, 3.63) is 72.6 Å². The van der Waals surface area contributed by atoms with Gasteiger partial charge < -0.3 is 14.8 Å². The van der Waals surface area contributed by atoms with Crippen molar-refractivity contribution in [2.45, 2.75) is 25.2 Å². The number of carbonyl (C=O) groups is 1. The second kappa shape index (κ2) is 8.35. The molecule has 5 rings (SSSR count). The maximum absolute atomic E-state index is 14.3. The number of benzene rings is 2. The molecule has 0 bridgehead atoms. The minimum Gasteiger partial charge on any atom is -0.454 e. The normalized spacial score (nSPS) is 20.0. The van der Waals surface area contributed by atoms with Crippen LogP contribution >= 0.6 is 0 Å². The van der Waals surface area contributed by atoms with Gasteiger partial charge in [-0.25, -0.2) is 4.39 Å². The largest absolute Gasteiger partial charge is 0.454 e. The molecule has 0 unspecified atom stereocenters. The third-order valence-electron chi connectivity index (χ3n) is 5.67. The Morgan fingerprint density at radius 3 is 2.65 bits per heavy atom. The molecule has 1 N–H and O–H groups in total. The number of ether oxygens (including phenoxy) is 2.